The summed E-state index contributed by atoms with van der Waals surface area (Å²) in [4.78, 5) is 10.4. The number of rotatable bonds is 1. The van der Waals surface area contributed by atoms with Crippen LogP contribution >= 0.6 is 0 Å². The lowest BCUT2D eigenvalue weighted by molar-refractivity contribution is -0.147. The van der Waals surface area contributed by atoms with Crippen LogP contribution in [0.2, 0.25) is 0 Å². The molecule has 3 atom stereocenters. The third-order valence-electron chi connectivity index (χ3n) is 1.81. The van der Waals surface area contributed by atoms with Crippen LogP contribution in [0.3, 0.4) is 0 Å². The summed E-state index contributed by atoms with van der Waals surface area (Å²) in [6.45, 7) is 0.426. The van der Waals surface area contributed by atoms with Crippen molar-refractivity contribution in [2.45, 2.75) is 24.7 Å². The molecule has 1 heterocycles. The van der Waals surface area contributed by atoms with Crippen LogP contribution in [0.5, 0.6) is 0 Å². The van der Waals surface area contributed by atoms with Gasteiger partial charge in [0.2, 0.25) is 0 Å². The topological polar surface area (TPSA) is 89.8 Å². The quantitative estimate of drug-likeness (QED) is 0.362. The van der Waals surface area contributed by atoms with Crippen molar-refractivity contribution >= 4 is 5.97 Å². The molecular weight excluding hydrogens is 150 g/mol. The molecule has 4 N–H and O–H groups in total. The molecule has 0 amide bonds. The summed E-state index contributed by atoms with van der Waals surface area (Å²) in [7, 11) is 0. The molecule has 0 aromatic carbocycles. The number of aliphatic hydroxyl groups excluding tert-OH is 2. The first-order chi connectivity index (χ1) is 5.13. The van der Waals surface area contributed by atoms with Gasteiger partial charge in [0.25, 0.3) is 0 Å². The number of nitrogens with one attached hydrogen (secondary N) is 1. The lowest BCUT2D eigenvalue weighted by Crippen LogP contribution is -2.56. The molecule has 0 bridgehead atoms. The fourth-order valence-corrected chi connectivity index (χ4v) is 1.13. The lowest BCUT2D eigenvalue weighted by atomic mass is 9.99. The van der Waals surface area contributed by atoms with Gasteiger partial charge in [-0.25, -0.2) is 0 Å². The van der Waals surface area contributed by atoms with Gasteiger partial charge >= 0.3 is 5.97 Å². The van der Waals surface area contributed by atoms with Crippen molar-refractivity contribution in [1.29, 1.82) is 0 Å². The molecule has 0 aliphatic carbocycles. The molecule has 64 valence electrons. The van der Waals surface area contributed by atoms with Crippen LogP contribution in [0.15, 0.2) is 0 Å². The smallest absolute Gasteiger partial charge is 0.323 e. The van der Waals surface area contributed by atoms with E-state index in [0.717, 1.165) is 0 Å². The monoisotopic (exact) mass is 161 g/mol. The van der Waals surface area contributed by atoms with Crippen molar-refractivity contribution in [3.8, 4) is 0 Å². The van der Waals surface area contributed by atoms with Crippen molar-refractivity contribution in [2.75, 3.05) is 6.54 Å². The molecule has 0 spiro atoms. The number of aliphatic hydroxyl groups is 2. The van der Waals surface area contributed by atoms with Crippen molar-refractivity contribution < 1.29 is 20.1 Å². The summed E-state index contributed by atoms with van der Waals surface area (Å²) >= 11 is 0. The second-order valence-corrected chi connectivity index (χ2v) is 2.62. The van der Waals surface area contributed by atoms with Crippen LogP contribution < -0.4 is 5.32 Å². The Bertz CT molecular complexity index is 161. The van der Waals surface area contributed by atoms with E-state index in [2.05, 4.69) is 5.32 Å². The Balaban J connectivity index is 2.58. The van der Waals surface area contributed by atoms with Gasteiger partial charge in [-0.05, 0) is 13.0 Å². The van der Waals surface area contributed by atoms with E-state index in [1.807, 2.05) is 0 Å². The van der Waals surface area contributed by atoms with Crippen LogP contribution in [-0.2, 0) is 4.79 Å². The molecular formula is C6H11NO4. The second kappa shape index (κ2) is 3.17. The third kappa shape index (κ3) is 1.68. The van der Waals surface area contributed by atoms with E-state index in [-0.39, 0.29) is 0 Å². The van der Waals surface area contributed by atoms with Gasteiger partial charge in [-0.3, -0.25) is 4.79 Å². The summed E-state index contributed by atoms with van der Waals surface area (Å²) in [5, 5.41) is 29.2. The van der Waals surface area contributed by atoms with Gasteiger partial charge in [-0.15, -0.1) is 0 Å². The summed E-state index contributed by atoms with van der Waals surface area (Å²) in [6.07, 6.45) is -1.72. The van der Waals surface area contributed by atoms with Gasteiger partial charge in [0.15, 0.2) is 0 Å². The van der Waals surface area contributed by atoms with E-state index in [1.165, 1.54) is 0 Å². The van der Waals surface area contributed by atoms with Crippen molar-refractivity contribution in [1.82, 2.24) is 5.32 Å². The highest BCUT2D eigenvalue weighted by molar-refractivity contribution is 5.74. The van der Waals surface area contributed by atoms with Crippen LogP contribution in [0, 0.1) is 0 Å². The first-order valence-corrected chi connectivity index (χ1v) is 3.45. The average molecular weight is 161 g/mol. The van der Waals surface area contributed by atoms with E-state index >= 15 is 0 Å². The molecule has 5 heteroatoms. The maximum absolute atomic E-state index is 10.4. The Labute approximate surface area is 63.7 Å². The SMILES string of the molecule is O=C(O)[C@H]1NCC[C@@H](O)[C@H]1O. The average Bonchev–Trinajstić information content (AvgIpc) is 1.94. The first-order valence-electron chi connectivity index (χ1n) is 3.45. The van der Waals surface area contributed by atoms with Crippen LogP contribution in [0.1, 0.15) is 6.42 Å². The Morgan fingerprint density at radius 2 is 2.09 bits per heavy atom. The van der Waals surface area contributed by atoms with Crippen molar-refractivity contribution in [2.24, 2.45) is 0 Å². The highest BCUT2D eigenvalue weighted by Gasteiger charge is 2.34. The minimum atomic E-state index is -1.19. The van der Waals surface area contributed by atoms with Crippen LogP contribution in [0.25, 0.3) is 0 Å². The number of carbonyl (C=O) groups is 1. The molecule has 0 aromatic heterocycles. The molecule has 0 aromatic rings. The Kier molecular flexibility index (Phi) is 2.43. The zero-order valence-corrected chi connectivity index (χ0v) is 5.90. The zero-order valence-electron chi connectivity index (χ0n) is 5.90. The van der Waals surface area contributed by atoms with Gasteiger partial charge in [0.05, 0.1) is 6.10 Å². The van der Waals surface area contributed by atoms with Crippen LogP contribution in [0.4, 0.5) is 0 Å². The highest BCUT2D eigenvalue weighted by Crippen LogP contribution is 2.09. The second-order valence-electron chi connectivity index (χ2n) is 2.62. The lowest BCUT2D eigenvalue weighted by Gasteiger charge is -2.29. The predicted octanol–water partition coefficient (Wildman–Crippen LogP) is -1.85. The Morgan fingerprint density at radius 3 is 2.55 bits per heavy atom. The van der Waals surface area contributed by atoms with Gasteiger partial charge in [-0.1, -0.05) is 0 Å². The molecule has 0 saturated carbocycles. The molecule has 11 heavy (non-hydrogen) atoms. The highest BCUT2D eigenvalue weighted by atomic mass is 16.4. The van der Waals surface area contributed by atoms with Gasteiger partial charge in [0.1, 0.15) is 12.1 Å². The normalized spacial score (nSPS) is 38.5. The Hall–Kier alpha value is -0.650. The molecule has 1 fully saturated rings. The van der Waals surface area contributed by atoms with Gasteiger partial charge in [0, 0.05) is 0 Å². The minimum absolute atomic E-state index is 0.394. The van der Waals surface area contributed by atoms with E-state index in [0.29, 0.717) is 13.0 Å². The van der Waals surface area contributed by atoms with E-state index in [1.54, 1.807) is 0 Å². The molecule has 0 radical (unpaired) electrons. The number of piperidine rings is 1. The minimum Gasteiger partial charge on any atom is -0.480 e. The number of aliphatic carboxylic acids is 1. The molecule has 1 rings (SSSR count). The van der Waals surface area contributed by atoms with E-state index in [9.17, 15) is 4.79 Å². The standard InChI is InChI=1S/C6H11NO4/c8-3-1-2-7-4(5(3)9)6(10)11/h3-5,7-9H,1-2H2,(H,10,11)/t3-,4+,5-/m1/s1. The fourth-order valence-electron chi connectivity index (χ4n) is 1.13. The molecule has 1 aliphatic heterocycles. The van der Waals surface area contributed by atoms with Crippen LogP contribution in [-0.4, -0.2) is 46.1 Å². The van der Waals surface area contributed by atoms with Gasteiger partial charge < -0.3 is 20.6 Å². The summed E-state index contributed by atoms with van der Waals surface area (Å²) in [6, 6.07) is -1.03. The van der Waals surface area contributed by atoms with Gasteiger partial charge in [-0.2, -0.15) is 0 Å². The third-order valence-corrected chi connectivity index (χ3v) is 1.81. The maximum atomic E-state index is 10.4. The Morgan fingerprint density at radius 1 is 1.45 bits per heavy atom. The summed E-state index contributed by atoms with van der Waals surface area (Å²) < 4.78 is 0. The summed E-state index contributed by atoms with van der Waals surface area (Å²) in [5.74, 6) is -1.13. The number of hydrogen-bond acceptors (Lipinski definition) is 4. The number of carboxylic acids is 1. The fraction of sp³-hybridized carbons (Fsp3) is 0.833. The number of carboxylic acid groups (broad SMARTS) is 1. The predicted molar refractivity (Wildman–Crippen MR) is 36.1 cm³/mol. The zero-order chi connectivity index (χ0) is 8.43. The van der Waals surface area contributed by atoms with E-state index < -0.39 is 24.2 Å². The molecule has 1 aliphatic rings. The summed E-state index contributed by atoms with van der Waals surface area (Å²) in [5.41, 5.74) is 0. The first kappa shape index (κ1) is 8.45. The maximum Gasteiger partial charge on any atom is 0.323 e. The van der Waals surface area contributed by atoms with E-state index in [4.69, 9.17) is 15.3 Å². The molecule has 5 nitrogen and oxygen atoms in total. The van der Waals surface area contributed by atoms with Crippen molar-refractivity contribution in [3.63, 3.8) is 0 Å². The largest absolute Gasteiger partial charge is 0.480 e. The number of hydrogen-bond donors (Lipinski definition) is 4. The molecule has 1 saturated heterocycles. The van der Waals surface area contributed by atoms with Crippen molar-refractivity contribution in [3.05, 3.63) is 0 Å². The molecule has 0 unspecified atom stereocenters.